The summed E-state index contributed by atoms with van der Waals surface area (Å²) in [6.07, 6.45) is 16.1. The lowest BCUT2D eigenvalue weighted by molar-refractivity contribution is 0.568. The second-order valence-corrected chi connectivity index (χ2v) is 20.1. The minimum atomic E-state index is 0.134. The van der Waals surface area contributed by atoms with E-state index in [1.165, 1.54) is 83.1 Å². The fraction of sp³-hybridized carbons (Fsp3) is 0.130. The lowest BCUT2D eigenvalue weighted by atomic mass is 9.72. The van der Waals surface area contributed by atoms with Crippen molar-refractivity contribution in [2.24, 2.45) is 5.92 Å². The van der Waals surface area contributed by atoms with Gasteiger partial charge in [0.15, 0.2) is 5.82 Å². The van der Waals surface area contributed by atoms with Gasteiger partial charge in [0.1, 0.15) is 0 Å². The summed E-state index contributed by atoms with van der Waals surface area (Å²) in [7, 11) is 0. The maximum Gasteiger partial charge on any atom is 0.160 e. The Kier molecular flexibility index (Phi) is 11.1. The first-order chi connectivity index (χ1) is 35.5. The molecule has 0 aliphatic heterocycles. The van der Waals surface area contributed by atoms with Crippen molar-refractivity contribution in [2.75, 3.05) is 0 Å². The Hall–Kier alpha value is -8.40. The Labute approximate surface area is 422 Å². The van der Waals surface area contributed by atoms with Gasteiger partial charge in [-0.05, 0) is 123 Å². The summed E-state index contributed by atoms with van der Waals surface area (Å²) in [5, 5.41) is 2.53. The van der Waals surface area contributed by atoms with E-state index in [9.17, 15) is 0 Å². The van der Waals surface area contributed by atoms with Crippen molar-refractivity contribution in [2.45, 2.75) is 50.4 Å². The van der Waals surface area contributed by atoms with Gasteiger partial charge in [0.25, 0.3) is 0 Å². The zero-order chi connectivity index (χ0) is 48.1. The van der Waals surface area contributed by atoms with Crippen LogP contribution in [0.2, 0.25) is 0 Å². The minimum absolute atomic E-state index is 0.134. The zero-order valence-corrected chi connectivity index (χ0v) is 40.7. The number of rotatable bonds is 9. The third kappa shape index (κ3) is 7.96. The molecule has 0 fully saturated rings. The summed E-state index contributed by atoms with van der Waals surface area (Å²) >= 11 is 0. The first-order valence-electron chi connectivity index (χ1n) is 25.7. The summed E-state index contributed by atoms with van der Waals surface area (Å²) in [6, 6.07) is 75.6. The molecule has 3 heteroatoms. The number of nitrogens with zero attached hydrogens (tertiary/aromatic N) is 3. The molecular formula is C69H55N3. The highest BCUT2D eigenvalue weighted by molar-refractivity contribution is 6.10. The summed E-state index contributed by atoms with van der Waals surface area (Å²) in [4.78, 5) is 10.2. The topological polar surface area (TPSA) is 30.7 Å². The molecule has 3 nitrogen and oxygen atoms in total. The molecule has 346 valence electrons. The molecule has 0 spiro atoms. The van der Waals surface area contributed by atoms with Gasteiger partial charge in [0.2, 0.25) is 0 Å². The van der Waals surface area contributed by atoms with Gasteiger partial charge < -0.3 is 4.57 Å². The molecule has 10 aromatic rings. The highest BCUT2D eigenvalue weighted by Gasteiger charge is 2.30. The molecule has 3 aliphatic carbocycles. The standard InChI is InChI=1S/C69H55N3/c1-45-40-54(47-16-6-3-7-17-47)33-37-58(45)49-30-35-57(36-31-49)72-67-39-34-55(48-26-28-51(29-27-48)66-44-65(50-18-8-4-9-19-50)70-69(71-66)52-20-10-5-11-21-52)41-64(67)62-38-32-53(43-68(62)72)46(2)63-42-56-22-12-13-23-59(56)60-24-14-15-25-61(60)63/h3-28,30-41,43-46,51,58,63H,29,42H2,1-2H3. The van der Waals surface area contributed by atoms with Crippen LogP contribution in [0.15, 0.2) is 243 Å². The quantitative estimate of drug-likeness (QED) is 0.144. The van der Waals surface area contributed by atoms with Crippen LogP contribution >= 0.6 is 0 Å². The molecule has 5 atom stereocenters. The van der Waals surface area contributed by atoms with Crippen molar-refractivity contribution in [3.8, 4) is 39.5 Å². The van der Waals surface area contributed by atoms with Gasteiger partial charge in [-0.3, -0.25) is 0 Å². The van der Waals surface area contributed by atoms with E-state index in [0.717, 1.165) is 41.2 Å². The number of benzene rings is 8. The average molecular weight is 926 g/mol. The normalized spacial score (nSPS) is 18.6. The molecule has 0 saturated heterocycles. The van der Waals surface area contributed by atoms with Crippen LogP contribution in [0.4, 0.5) is 0 Å². The van der Waals surface area contributed by atoms with Crippen LogP contribution in [0.1, 0.15) is 83.0 Å². The van der Waals surface area contributed by atoms with Crippen molar-refractivity contribution in [3.63, 3.8) is 0 Å². The summed E-state index contributed by atoms with van der Waals surface area (Å²) in [5.41, 5.74) is 21.1. The fourth-order valence-corrected chi connectivity index (χ4v) is 11.9. The lowest BCUT2D eigenvalue weighted by Crippen LogP contribution is -2.17. The van der Waals surface area contributed by atoms with E-state index in [1.807, 2.05) is 6.07 Å². The van der Waals surface area contributed by atoms with Crippen molar-refractivity contribution >= 4 is 33.0 Å². The summed E-state index contributed by atoms with van der Waals surface area (Å²) in [6.45, 7) is 4.78. The molecule has 3 aliphatic rings. The minimum Gasteiger partial charge on any atom is -0.309 e. The van der Waals surface area contributed by atoms with E-state index in [-0.39, 0.29) is 5.92 Å². The van der Waals surface area contributed by atoms with Gasteiger partial charge in [-0.1, -0.05) is 220 Å². The maximum absolute atomic E-state index is 5.18. The van der Waals surface area contributed by atoms with Gasteiger partial charge in [-0.15, -0.1) is 0 Å². The Bertz CT molecular complexity index is 3720. The van der Waals surface area contributed by atoms with Gasteiger partial charge >= 0.3 is 0 Å². The van der Waals surface area contributed by atoms with Gasteiger partial charge in [-0.25, -0.2) is 9.97 Å². The first kappa shape index (κ1) is 43.6. The van der Waals surface area contributed by atoms with Crippen LogP contribution in [0.25, 0.3) is 72.4 Å². The van der Waals surface area contributed by atoms with Crippen LogP contribution in [0.3, 0.4) is 0 Å². The largest absolute Gasteiger partial charge is 0.309 e. The van der Waals surface area contributed by atoms with Crippen LogP contribution in [-0.2, 0) is 6.42 Å². The number of aromatic nitrogens is 3. The molecule has 8 aromatic carbocycles. The number of hydrogen-bond donors (Lipinski definition) is 0. The van der Waals surface area contributed by atoms with Crippen LogP contribution in [0, 0.1) is 5.92 Å². The Morgan fingerprint density at radius 2 is 1.24 bits per heavy atom. The zero-order valence-electron chi connectivity index (χ0n) is 40.7. The molecule has 72 heavy (non-hydrogen) atoms. The lowest BCUT2D eigenvalue weighted by Gasteiger charge is -2.32. The number of hydrogen-bond acceptors (Lipinski definition) is 2. The predicted octanol–water partition coefficient (Wildman–Crippen LogP) is 17.5. The van der Waals surface area contributed by atoms with E-state index in [4.69, 9.17) is 9.97 Å². The van der Waals surface area contributed by atoms with E-state index in [1.54, 1.807) is 0 Å². The van der Waals surface area contributed by atoms with Gasteiger partial charge in [-0.2, -0.15) is 0 Å². The Morgan fingerprint density at radius 3 is 1.99 bits per heavy atom. The molecule has 13 rings (SSSR count). The van der Waals surface area contributed by atoms with Crippen LogP contribution in [-0.4, -0.2) is 14.5 Å². The molecule has 0 N–H and O–H groups in total. The third-order valence-corrected chi connectivity index (χ3v) is 15.8. The highest BCUT2D eigenvalue weighted by Crippen LogP contribution is 2.47. The van der Waals surface area contributed by atoms with Crippen molar-refractivity contribution < 1.29 is 0 Å². The molecule has 0 amide bonds. The molecule has 5 unspecified atom stereocenters. The van der Waals surface area contributed by atoms with E-state index in [2.05, 4.69) is 255 Å². The molecular weight excluding hydrogens is 871 g/mol. The molecule has 2 heterocycles. The van der Waals surface area contributed by atoms with Crippen molar-refractivity contribution in [1.82, 2.24) is 14.5 Å². The van der Waals surface area contributed by atoms with Crippen LogP contribution < -0.4 is 0 Å². The molecule has 0 bridgehead atoms. The summed E-state index contributed by atoms with van der Waals surface area (Å²) < 4.78 is 2.51. The fourth-order valence-electron chi connectivity index (χ4n) is 11.9. The second kappa shape index (κ2) is 18.4. The van der Waals surface area contributed by atoms with Crippen molar-refractivity contribution in [3.05, 3.63) is 282 Å². The van der Waals surface area contributed by atoms with Crippen molar-refractivity contribution in [1.29, 1.82) is 0 Å². The average Bonchev–Trinajstić information content (AvgIpc) is 3.78. The van der Waals surface area contributed by atoms with E-state index >= 15 is 0 Å². The van der Waals surface area contributed by atoms with E-state index in [0.29, 0.717) is 23.7 Å². The second-order valence-electron chi connectivity index (χ2n) is 20.1. The highest BCUT2D eigenvalue weighted by atomic mass is 15.0. The number of allylic oxidation sites excluding steroid dienone is 8. The number of fused-ring (bicyclic) bond motifs is 6. The van der Waals surface area contributed by atoms with Crippen LogP contribution in [0.5, 0.6) is 0 Å². The smallest absolute Gasteiger partial charge is 0.160 e. The summed E-state index contributed by atoms with van der Waals surface area (Å²) in [5.74, 6) is 2.24. The predicted molar refractivity (Wildman–Crippen MR) is 300 cm³/mol. The molecule has 2 aromatic heterocycles. The SMILES string of the molecule is CC1C=C(c2ccccc2)C=CC1c1ccc(-n2c3ccc(C4=CCC(c5cc(-c6ccccc6)nc(-c6ccccc6)n5)C=C4)cc3c3ccc(C(C)C4Cc5ccccc5-c5ccccc54)cc32)cc1. The van der Waals surface area contributed by atoms with Gasteiger partial charge in [0, 0.05) is 39.4 Å². The van der Waals surface area contributed by atoms with E-state index < -0.39 is 0 Å². The Balaban J connectivity index is 0.863. The molecule has 0 saturated carbocycles. The monoisotopic (exact) mass is 925 g/mol. The first-order valence-corrected chi connectivity index (χ1v) is 25.7. The third-order valence-electron chi connectivity index (χ3n) is 15.8. The van der Waals surface area contributed by atoms with Gasteiger partial charge in [0.05, 0.1) is 22.4 Å². The maximum atomic E-state index is 5.18. The Morgan fingerprint density at radius 1 is 0.542 bits per heavy atom. The molecule has 0 radical (unpaired) electrons.